The van der Waals surface area contributed by atoms with E-state index in [4.69, 9.17) is 5.11 Å². The van der Waals surface area contributed by atoms with E-state index in [0.29, 0.717) is 0 Å². The van der Waals surface area contributed by atoms with E-state index in [9.17, 15) is 14.5 Å². The van der Waals surface area contributed by atoms with Crippen molar-refractivity contribution in [3.8, 4) is 5.75 Å². The molecule has 1 aromatic rings. The first-order valence-corrected chi connectivity index (χ1v) is 3.71. The van der Waals surface area contributed by atoms with Crippen molar-refractivity contribution in [1.29, 1.82) is 0 Å². The van der Waals surface area contributed by atoms with Gasteiger partial charge >= 0.3 is 0 Å². The summed E-state index contributed by atoms with van der Waals surface area (Å²) in [5.41, 5.74) is -0.355. The van der Waals surface area contributed by atoms with Crippen LogP contribution in [0.15, 0.2) is 12.1 Å². The van der Waals surface area contributed by atoms with Crippen LogP contribution in [0.25, 0.3) is 0 Å². The number of benzene rings is 1. The van der Waals surface area contributed by atoms with E-state index in [1.165, 1.54) is 7.11 Å². The van der Waals surface area contributed by atoms with Crippen molar-refractivity contribution in [2.45, 2.75) is 6.61 Å². The van der Waals surface area contributed by atoms with Gasteiger partial charge in [0.15, 0.2) is 11.6 Å². The van der Waals surface area contributed by atoms with Crippen LogP contribution in [0.2, 0.25) is 0 Å². The fourth-order valence-corrected chi connectivity index (χ4v) is 1.09. The molecule has 14 heavy (non-hydrogen) atoms. The van der Waals surface area contributed by atoms with Crippen LogP contribution in [0, 0.1) is 15.9 Å². The Labute approximate surface area is 78.9 Å². The number of methoxy groups -OCH3 is 1. The number of hydrogen-bond donors (Lipinski definition) is 1. The summed E-state index contributed by atoms with van der Waals surface area (Å²) < 4.78 is 17.8. The fraction of sp³-hybridized carbons (Fsp3) is 0.250. The fourth-order valence-electron chi connectivity index (χ4n) is 1.09. The third-order valence-corrected chi connectivity index (χ3v) is 1.69. The number of rotatable bonds is 3. The monoisotopic (exact) mass is 201 g/mol. The van der Waals surface area contributed by atoms with Gasteiger partial charge in [-0.3, -0.25) is 10.1 Å². The van der Waals surface area contributed by atoms with Crippen molar-refractivity contribution in [2.75, 3.05) is 7.11 Å². The Balaban J connectivity index is 3.31. The van der Waals surface area contributed by atoms with Gasteiger partial charge < -0.3 is 9.84 Å². The van der Waals surface area contributed by atoms with Crippen molar-refractivity contribution < 1.29 is 19.2 Å². The van der Waals surface area contributed by atoms with Crippen LogP contribution in [-0.2, 0) is 6.61 Å². The van der Waals surface area contributed by atoms with Crippen molar-refractivity contribution in [1.82, 2.24) is 0 Å². The maximum atomic E-state index is 13.1. The van der Waals surface area contributed by atoms with E-state index >= 15 is 0 Å². The number of aliphatic hydroxyl groups is 1. The first-order chi connectivity index (χ1) is 6.60. The van der Waals surface area contributed by atoms with Crippen LogP contribution in [0.4, 0.5) is 10.1 Å². The molecule has 0 atom stereocenters. The van der Waals surface area contributed by atoms with Crippen LogP contribution < -0.4 is 4.74 Å². The Morgan fingerprint density at radius 2 is 2.29 bits per heavy atom. The van der Waals surface area contributed by atoms with Gasteiger partial charge in [0.1, 0.15) is 0 Å². The van der Waals surface area contributed by atoms with Crippen LogP contribution in [-0.4, -0.2) is 17.1 Å². The summed E-state index contributed by atoms with van der Waals surface area (Å²) in [6.07, 6.45) is 0. The quantitative estimate of drug-likeness (QED) is 0.589. The van der Waals surface area contributed by atoms with Gasteiger partial charge in [-0.2, -0.15) is 0 Å². The van der Waals surface area contributed by atoms with Gasteiger partial charge in [-0.1, -0.05) is 0 Å². The van der Waals surface area contributed by atoms with E-state index in [1.54, 1.807) is 0 Å². The summed E-state index contributed by atoms with van der Waals surface area (Å²) in [5.74, 6) is -1.02. The lowest BCUT2D eigenvalue weighted by Crippen LogP contribution is -1.98. The number of nitro groups is 1. The molecule has 76 valence electrons. The molecule has 0 bridgehead atoms. The van der Waals surface area contributed by atoms with Crippen molar-refractivity contribution in [2.24, 2.45) is 0 Å². The van der Waals surface area contributed by atoms with Crippen molar-refractivity contribution >= 4 is 5.69 Å². The van der Waals surface area contributed by atoms with E-state index in [0.717, 1.165) is 12.1 Å². The molecule has 6 heteroatoms. The highest BCUT2D eigenvalue weighted by Gasteiger charge is 2.16. The largest absolute Gasteiger partial charge is 0.493 e. The molecule has 0 saturated heterocycles. The molecule has 0 fully saturated rings. The highest BCUT2D eigenvalue weighted by Crippen LogP contribution is 2.27. The molecule has 0 heterocycles. The third kappa shape index (κ3) is 1.80. The predicted molar refractivity (Wildman–Crippen MR) is 45.5 cm³/mol. The van der Waals surface area contributed by atoms with Crippen LogP contribution >= 0.6 is 0 Å². The molecule has 0 radical (unpaired) electrons. The average molecular weight is 201 g/mol. The first-order valence-electron chi connectivity index (χ1n) is 3.71. The molecule has 0 saturated carbocycles. The molecule has 0 aliphatic rings. The van der Waals surface area contributed by atoms with E-state index < -0.39 is 23.0 Å². The van der Waals surface area contributed by atoms with Gasteiger partial charge in [-0.15, -0.1) is 0 Å². The van der Waals surface area contributed by atoms with Gasteiger partial charge in [0.05, 0.1) is 24.7 Å². The molecule has 0 aliphatic carbocycles. The Kier molecular flexibility index (Phi) is 2.98. The number of halogens is 1. The number of nitro benzene ring substituents is 1. The van der Waals surface area contributed by atoms with Crippen molar-refractivity contribution in [3.05, 3.63) is 33.6 Å². The lowest BCUT2D eigenvalue weighted by Gasteiger charge is -2.06. The normalized spacial score (nSPS) is 9.93. The van der Waals surface area contributed by atoms with E-state index in [1.807, 2.05) is 0 Å². The molecule has 1 aromatic carbocycles. The maximum absolute atomic E-state index is 13.1. The molecule has 0 aliphatic heterocycles. The summed E-state index contributed by atoms with van der Waals surface area (Å²) in [5, 5.41) is 19.1. The second-order valence-corrected chi connectivity index (χ2v) is 2.54. The van der Waals surface area contributed by atoms with Crippen LogP contribution in [0.3, 0.4) is 0 Å². The molecule has 0 spiro atoms. The summed E-state index contributed by atoms with van der Waals surface area (Å²) in [4.78, 5) is 9.60. The van der Waals surface area contributed by atoms with Crippen LogP contribution in [0.5, 0.6) is 5.75 Å². The van der Waals surface area contributed by atoms with Gasteiger partial charge in [-0.05, 0) is 0 Å². The molecule has 5 nitrogen and oxygen atoms in total. The molecule has 0 unspecified atom stereocenters. The summed E-state index contributed by atoms with van der Waals surface area (Å²) in [6.45, 7) is -0.512. The second-order valence-electron chi connectivity index (χ2n) is 2.54. The number of non-ortho nitro benzene ring substituents is 1. The summed E-state index contributed by atoms with van der Waals surface area (Å²) >= 11 is 0. The zero-order valence-corrected chi connectivity index (χ0v) is 7.36. The SMILES string of the molecule is COc1c(F)cc([N+](=O)[O-])cc1CO. The van der Waals surface area contributed by atoms with Gasteiger partial charge in [0.25, 0.3) is 5.69 Å². The lowest BCUT2D eigenvalue weighted by molar-refractivity contribution is -0.385. The van der Waals surface area contributed by atoms with Crippen LogP contribution in [0.1, 0.15) is 5.56 Å². The first kappa shape index (κ1) is 10.4. The Bertz CT molecular complexity index is 367. The van der Waals surface area contributed by atoms with Crippen molar-refractivity contribution in [3.63, 3.8) is 0 Å². The summed E-state index contributed by atoms with van der Waals surface area (Å²) in [6, 6.07) is 1.82. The smallest absolute Gasteiger partial charge is 0.273 e. The molecule has 1 N–H and O–H groups in total. The third-order valence-electron chi connectivity index (χ3n) is 1.69. The average Bonchev–Trinajstić information content (AvgIpc) is 2.16. The number of ether oxygens (including phenoxy) is 1. The zero-order chi connectivity index (χ0) is 10.7. The Hall–Kier alpha value is -1.69. The Morgan fingerprint density at radius 1 is 1.64 bits per heavy atom. The summed E-state index contributed by atoms with van der Waals surface area (Å²) in [7, 11) is 1.23. The highest BCUT2D eigenvalue weighted by atomic mass is 19.1. The minimum Gasteiger partial charge on any atom is -0.493 e. The molecule has 0 aromatic heterocycles. The van der Waals surface area contributed by atoms with Gasteiger partial charge in [0.2, 0.25) is 0 Å². The zero-order valence-electron chi connectivity index (χ0n) is 7.36. The number of aliphatic hydroxyl groups excluding tert-OH is 1. The van der Waals surface area contributed by atoms with Gasteiger partial charge in [-0.25, -0.2) is 4.39 Å². The molecular formula is C8H8FNO4. The predicted octanol–water partition coefficient (Wildman–Crippen LogP) is 1.23. The number of hydrogen-bond acceptors (Lipinski definition) is 4. The lowest BCUT2D eigenvalue weighted by atomic mass is 10.2. The second kappa shape index (κ2) is 4.01. The van der Waals surface area contributed by atoms with E-state index in [2.05, 4.69) is 4.74 Å². The maximum Gasteiger partial charge on any atom is 0.273 e. The topological polar surface area (TPSA) is 72.6 Å². The number of nitrogens with zero attached hydrogens (tertiary/aromatic N) is 1. The molecule has 1 rings (SSSR count). The minimum atomic E-state index is -0.856. The van der Waals surface area contributed by atoms with E-state index in [-0.39, 0.29) is 11.3 Å². The highest BCUT2D eigenvalue weighted by molar-refractivity contribution is 5.44. The minimum absolute atomic E-state index is 0.0548. The standard InChI is InChI=1S/C8H8FNO4/c1-14-8-5(4-11)2-6(10(12)13)3-7(8)9/h2-3,11H,4H2,1H3. The molecule has 0 amide bonds. The Morgan fingerprint density at radius 3 is 2.71 bits per heavy atom. The molecular weight excluding hydrogens is 193 g/mol. The van der Waals surface area contributed by atoms with Gasteiger partial charge in [0, 0.05) is 11.6 Å².